The van der Waals surface area contributed by atoms with Crippen LogP contribution < -0.4 is 9.64 Å². The lowest BCUT2D eigenvalue weighted by atomic mass is 10.1. The predicted octanol–water partition coefficient (Wildman–Crippen LogP) is 3.75. The Morgan fingerprint density at radius 2 is 1.84 bits per heavy atom. The molecule has 6 heteroatoms. The molecule has 4 rings (SSSR count). The van der Waals surface area contributed by atoms with E-state index in [0.29, 0.717) is 0 Å². The SMILES string of the molecule is COc1ccc(-c2[nH]c3ncc(Br)cc3c2N2CCN(C)CC2)cc1. The second kappa shape index (κ2) is 6.69. The molecular weight excluding hydrogens is 380 g/mol. The number of halogens is 1. The summed E-state index contributed by atoms with van der Waals surface area (Å²) in [6.07, 6.45) is 1.84. The van der Waals surface area contributed by atoms with E-state index >= 15 is 0 Å². The van der Waals surface area contributed by atoms with Crippen molar-refractivity contribution in [1.29, 1.82) is 0 Å². The van der Waals surface area contributed by atoms with Crippen molar-refractivity contribution < 1.29 is 4.74 Å². The molecule has 1 aliphatic rings. The topological polar surface area (TPSA) is 44.4 Å². The van der Waals surface area contributed by atoms with Gasteiger partial charge in [0.15, 0.2) is 0 Å². The number of fused-ring (bicyclic) bond motifs is 1. The molecule has 0 spiro atoms. The second-order valence-electron chi connectivity index (χ2n) is 6.42. The zero-order valence-electron chi connectivity index (χ0n) is 14.4. The van der Waals surface area contributed by atoms with Crippen LogP contribution in [0.1, 0.15) is 0 Å². The first-order valence-corrected chi connectivity index (χ1v) is 9.20. The summed E-state index contributed by atoms with van der Waals surface area (Å²) >= 11 is 3.56. The van der Waals surface area contributed by atoms with Gasteiger partial charge >= 0.3 is 0 Å². The molecule has 3 heterocycles. The van der Waals surface area contributed by atoms with Gasteiger partial charge < -0.3 is 19.5 Å². The molecule has 1 saturated heterocycles. The third-order valence-electron chi connectivity index (χ3n) is 4.79. The molecule has 1 aromatic carbocycles. The van der Waals surface area contributed by atoms with Gasteiger partial charge in [-0.25, -0.2) is 4.98 Å². The highest BCUT2D eigenvalue weighted by Gasteiger charge is 2.23. The van der Waals surface area contributed by atoms with Crippen LogP contribution in [-0.4, -0.2) is 55.2 Å². The lowest BCUT2D eigenvalue weighted by Crippen LogP contribution is -2.44. The molecule has 0 bridgehead atoms. The monoisotopic (exact) mass is 400 g/mol. The third-order valence-corrected chi connectivity index (χ3v) is 5.22. The van der Waals surface area contributed by atoms with Gasteiger partial charge in [0.25, 0.3) is 0 Å². The number of methoxy groups -OCH3 is 1. The summed E-state index contributed by atoms with van der Waals surface area (Å²) in [5.74, 6) is 0.863. The number of piperazine rings is 1. The minimum atomic E-state index is 0.863. The number of likely N-dealkylation sites (N-methyl/N-ethyl adjacent to an activating group) is 1. The number of aromatic amines is 1. The van der Waals surface area contributed by atoms with Gasteiger partial charge in [0, 0.05) is 47.8 Å². The maximum atomic E-state index is 5.29. The summed E-state index contributed by atoms with van der Waals surface area (Å²) in [5, 5.41) is 1.16. The lowest BCUT2D eigenvalue weighted by molar-refractivity contribution is 0.313. The van der Waals surface area contributed by atoms with Gasteiger partial charge in [0.05, 0.1) is 18.5 Å². The van der Waals surface area contributed by atoms with Crippen molar-refractivity contribution in [2.24, 2.45) is 0 Å². The number of rotatable bonds is 3. The fourth-order valence-electron chi connectivity index (χ4n) is 3.36. The number of hydrogen-bond donors (Lipinski definition) is 1. The number of nitrogens with zero attached hydrogens (tertiary/aromatic N) is 3. The van der Waals surface area contributed by atoms with Gasteiger partial charge in [-0.3, -0.25) is 0 Å². The highest BCUT2D eigenvalue weighted by Crippen LogP contribution is 2.38. The first-order valence-electron chi connectivity index (χ1n) is 8.41. The zero-order chi connectivity index (χ0) is 17.4. The van der Waals surface area contributed by atoms with E-state index in [0.717, 1.165) is 58.7 Å². The number of nitrogens with one attached hydrogen (secondary N) is 1. The first kappa shape index (κ1) is 16.4. The van der Waals surface area contributed by atoms with E-state index < -0.39 is 0 Å². The number of ether oxygens (including phenoxy) is 1. The number of benzene rings is 1. The van der Waals surface area contributed by atoms with Crippen molar-refractivity contribution in [3.05, 3.63) is 41.0 Å². The average molecular weight is 401 g/mol. The van der Waals surface area contributed by atoms with Gasteiger partial charge in [0.2, 0.25) is 0 Å². The summed E-state index contributed by atoms with van der Waals surface area (Å²) in [4.78, 5) is 12.9. The number of aromatic nitrogens is 2. The van der Waals surface area contributed by atoms with Gasteiger partial charge in [-0.2, -0.15) is 0 Å². The Morgan fingerprint density at radius 3 is 2.52 bits per heavy atom. The van der Waals surface area contributed by atoms with E-state index in [2.05, 4.69) is 60.9 Å². The molecule has 25 heavy (non-hydrogen) atoms. The molecule has 0 atom stereocenters. The Morgan fingerprint density at radius 1 is 1.12 bits per heavy atom. The van der Waals surface area contributed by atoms with Crippen LogP contribution >= 0.6 is 15.9 Å². The molecule has 0 aliphatic carbocycles. The number of anilines is 1. The number of H-pyrrole nitrogens is 1. The summed E-state index contributed by atoms with van der Waals surface area (Å²) in [6.45, 7) is 4.16. The van der Waals surface area contributed by atoms with Gasteiger partial charge in [0.1, 0.15) is 11.4 Å². The van der Waals surface area contributed by atoms with Crippen molar-refractivity contribution in [2.45, 2.75) is 0 Å². The van der Waals surface area contributed by atoms with E-state index in [1.165, 1.54) is 5.69 Å². The Hall–Kier alpha value is -2.05. The Kier molecular flexibility index (Phi) is 4.39. The molecule has 1 N–H and O–H groups in total. The fraction of sp³-hybridized carbons (Fsp3) is 0.316. The molecular formula is C19H21BrN4O. The van der Waals surface area contributed by atoms with E-state index in [9.17, 15) is 0 Å². The molecule has 0 unspecified atom stereocenters. The second-order valence-corrected chi connectivity index (χ2v) is 7.33. The molecule has 0 saturated carbocycles. The first-order chi connectivity index (χ1) is 12.2. The predicted molar refractivity (Wildman–Crippen MR) is 105 cm³/mol. The van der Waals surface area contributed by atoms with Crippen LogP contribution in [0.4, 0.5) is 5.69 Å². The van der Waals surface area contributed by atoms with Gasteiger partial charge in [-0.05, 0) is 53.3 Å². The number of pyridine rings is 1. The van der Waals surface area contributed by atoms with Crippen molar-refractivity contribution in [2.75, 3.05) is 45.2 Å². The van der Waals surface area contributed by atoms with Crippen LogP contribution in [0.2, 0.25) is 0 Å². The summed E-state index contributed by atoms with van der Waals surface area (Å²) in [7, 11) is 3.87. The van der Waals surface area contributed by atoms with E-state index in [4.69, 9.17) is 4.74 Å². The molecule has 130 valence electrons. The summed E-state index contributed by atoms with van der Waals surface area (Å²) < 4.78 is 6.29. The maximum Gasteiger partial charge on any atom is 0.139 e. The zero-order valence-corrected chi connectivity index (χ0v) is 16.0. The van der Waals surface area contributed by atoms with Crippen LogP contribution in [-0.2, 0) is 0 Å². The highest BCUT2D eigenvalue weighted by molar-refractivity contribution is 9.10. The van der Waals surface area contributed by atoms with Crippen molar-refractivity contribution >= 4 is 32.7 Å². The smallest absolute Gasteiger partial charge is 0.139 e. The molecule has 1 aliphatic heterocycles. The molecule has 2 aromatic heterocycles. The highest BCUT2D eigenvalue weighted by atomic mass is 79.9. The largest absolute Gasteiger partial charge is 0.497 e. The molecule has 0 radical (unpaired) electrons. The van der Waals surface area contributed by atoms with Crippen LogP contribution in [0.25, 0.3) is 22.3 Å². The van der Waals surface area contributed by atoms with Crippen molar-refractivity contribution in [3.8, 4) is 17.0 Å². The van der Waals surface area contributed by atoms with E-state index in [1.54, 1.807) is 7.11 Å². The van der Waals surface area contributed by atoms with Crippen LogP contribution in [0.15, 0.2) is 41.0 Å². The molecule has 3 aromatic rings. The van der Waals surface area contributed by atoms with Gasteiger partial charge in [-0.1, -0.05) is 0 Å². The Balaban J connectivity index is 1.85. The third kappa shape index (κ3) is 3.12. The number of hydrogen-bond acceptors (Lipinski definition) is 4. The minimum absolute atomic E-state index is 0.863. The summed E-state index contributed by atoms with van der Waals surface area (Å²) in [5.41, 5.74) is 4.42. The maximum absolute atomic E-state index is 5.29. The lowest BCUT2D eigenvalue weighted by Gasteiger charge is -2.34. The van der Waals surface area contributed by atoms with Crippen LogP contribution in [0.3, 0.4) is 0 Å². The summed E-state index contributed by atoms with van der Waals surface area (Å²) in [6, 6.07) is 10.3. The Bertz CT molecular complexity index is 882. The van der Waals surface area contributed by atoms with Crippen molar-refractivity contribution in [3.63, 3.8) is 0 Å². The fourth-order valence-corrected chi connectivity index (χ4v) is 3.69. The Labute approximate surface area is 155 Å². The van der Waals surface area contributed by atoms with Crippen molar-refractivity contribution in [1.82, 2.24) is 14.9 Å². The molecule has 5 nitrogen and oxygen atoms in total. The van der Waals surface area contributed by atoms with Crippen LogP contribution in [0.5, 0.6) is 5.75 Å². The minimum Gasteiger partial charge on any atom is -0.497 e. The molecule has 0 amide bonds. The quantitative estimate of drug-likeness (QED) is 0.726. The van der Waals surface area contributed by atoms with E-state index in [1.807, 2.05) is 18.3 Å². The normalized spacial score (nSPS) is 15.7. The van der Waals surface area contributed by atoms with E-state index in [-0.39, 0.29) is 0 Å². The molecule has 1 fully saturated rings. The van der Waals surface area contributed by atoms with Crippen LogP contribution in [0, 0.1) is 0 Å². The van der Waals surface area contributed by atoms with Gasteiger partial charge in [-0.15, -0.1) is 0 Å². The average Bonchev–Trinajstić information content (AvgIpc) is 3.01. The standard InChI is InChI=1S/C19H21BrN4O/c1-23-7-9-24(10-8-23)18-16-11-14(20)12-21-19(16)22-17(18)13-3-5-15(25-2)6-4-13/h3-6,11-12H,7-10H2,1-2H3,(H,21,22).